The predicted octanol–water partition coefficient (Wildman–Crippen LogP) is 6.83. The average molecular weight is 441 g/mol. The molecule has 0 saturated carbocycles. The summed E-state index contributed by atoms with van der Waals surface area (Å²) in [6.45, 7) is 6.71. The van der Waals surface area contributed by atoms with Crippen LogP contribution in [0.25, 0.3) is 0 Å². The van der Waals surface area contributed by atoms with Crippen molar-refractivity contribution >= 4 is 47.8 Å². The van der Waals surface area contributed by atoms with Crippen LogP contribution in [0.3, 0.4) is 0 Å². The van der Waals surface area contributed by atoms with Gasteiger partial charge in [-0.15, -0.1) is 0 Å². The number of hydrogen-bond acceptors (Lipinski definition) is 0. The molecule has 0 aliphatic rings. The summed E-state index contributed by atoms with van der Waals surface area (Å²) in [5, 5.41) is 0. The molecule has 1 rings (SSSR count). The fraction of sp³-hybridized carbons (Fsp3) is 0.600. The Kier molecular flexibility index (Phi) is 7.48. The van der Waals surface area contributed by atoms with Crippen LogP contribution in [-0.4, -0.2) is 0 Å². The zero-order chi connectivity index (χ0) is 13.7. The Morgan fingerprint density at radius 2 is 0.778 bits per heavy atom. The van der Waals surface area contributed by atoms with Gasteiger partial charge in [0.15, 0.2) is 0 Å². The molecule has 0 amide bonds. The molecule has 1 aromatic rings. The zero-order valence-corrected chi connectivity index (χ0v) is 16.1. The summed E-state index contributed by atoms with van der Waals surface area (Å²) in [7, 11) is 0. The fourth-order valence-electron chi connectivity index (χ4n) is 2.24. The zero-order valence-electron chi connectivity index (χ0n) is 11.4. The van der Waals surface area contributed by atoms with E-state index in [1.54, 1.807) is 0 Å². The smallest absolute Gasteiger partial charge is 0.0262 e. The lowest BCUT2D eigenvalue weighted by atomic mass is 9.98. The summed E-state index contributed by atoms with van der Waals surface area (Å²) in [4.78, 5) is 0. The lowest BCUT2D eigenvalue weighted by Gasteiger charge is -2.19. The summed E-state index contributed by atoms with van der Waals surface area (Å²) in [6.07, 6.45) is 6.91. The highest BCUT2D eigenvalue weighted by Gasteiger charge is 2.18. The van der Waals surface area contributed by atoms with Gasteiger partial charge in [-0.2, -0.15) is 0 Å². The van der Waals surface area contributed by atoms with Gasteiger partial charge in [-0.3, -0.25) is 0 Å². The second kappa shape index (κ2) is 8.06. The third-order valence-corrected chi connectivity index (χ3v) is 5.96. The molecule has 0 aliphatic carbocycles. The number of rotatable bonds is 6. The SMILES string of the molecule is CCCc1c(Br)c(CCC)c(Br)c(CCC)c1Br. The lowest BCUT2D eigenvalue weighted by molar-refractivity contribution is 0.849. The molecular weight excluding hydrogens is 420 g/mol. The maximum absolute atomic E-state index is 3.81. The first-order chi connectivity index (χ1) is 8.58. The molecule has 0 aromatic heterocycles. The van der Waals surface area contributed by atoms with Crippen molar-refractivity contribution in [3.8, 4) is 0 Å². The Morgan fingerprint density at radius 1 is 0.556 bits per heavy atom. The maximum Gasteiger partial charge on any atom is 0.0262 e. The highest BCUT2D eigenvalue weighted by molar-refractivity contribution is 9.11. The van der Waals surface area contributed by atoms with Gasteiger partial charge in [0.05, 0.1) is 0 Å². The molecule has 3 heteroatoms. The van der Waals surface area contributed by atoms with Crippen LogP contribution < -0.4 is 0 Å². The van der Waals surface area contributed by atoms with Gasteiger partial charge in [0.25, 0.3) is 0 Å². The molecule has 0 nitrogen and oxygen atoms in total. The van der Waals surface area contributed by atoms with Crippen LogP contribution in [0.4, 0.5) is 0 Å². The lowest BCUT2D eigenvalue weighted by Crippen LogP contribution is -2.02. The molecule has 0 saturated heterocycles. The van der Waals surface area contributed by atoms with Crippen LogP contribution in [0.2, 0.25) is 0 Å². The van der Waals surface area contributed by atoms with Crippen molar-refractivity contribution in [1.29, 1.82) is 0 Å². The van der Waals surface area contributed by atoms with Crippen LogP contribution in [0.5, 0.6) is 0 Å². The first-order valence-corrected chi connectivity index (χ1v) is 9.13. The van der Waals surface area contributed by atoms with Crippen molar-refractivity contribution in [1.82, 2.24) is 0 Å². The second-order valence-corrected chi connectivity index (χ2v) is 7.01. The molecule has 0 heterocycles. The molecular formula is C15H21Br3. The van der Waals surface area contributed by atoms with Crippen LogP contribution >= 0.6 is 47.8 Å². The Morgan fingerprint density at radius 3 is 0.944 bits per heavy atom. The Balaban J connectivity index is 3.42. The first kappa shape index (κ1) is 16.7. The van der Waals surface area contributed by atoms with E-state index in [1.807, 2.05) is 0 Å². The Bertz CT molecular complexity index is 328. The molecule has 1 aromatic carbocycles. The predicted molar refractivity (Wildman–Crippen MR) is 91.5 cm³/mol. The van der Waals surface area contributed by atoms with Crippen molar-refractivity contribution in [2.75, 3.05) is 0 Å². The molecule has 0 N–H and O–H groups in total. The van der Waals surface area contributed by atoms with Crippen molar-refractivity contribution in [2.24, 2.45) is 0 Å². The van der Waals surface area contributed by atoms with Gasteiger partial charge in [-0.25, -0.2) is 0 Å². The topological polar surface area (TPSA) is 0 Å². The largest absolute Gasteiger partial charge is 0.0651 e. The van der Waals surface area contributed by atoms with Gasteiger partial charge >= 0.3 is 0 Å². The number of halogens is 3. The van der Waals surface area contributed by atoms with Crippen molar-refractivity contribution in [3.05, 3.63) is 30.1 Å². The quantitative estimate of drug-likeness (QED) is 0.454. The molecule has 0 unspecified atom stereocenters. The minimum Gasteiger partial charge on any atom is -0.0651 e. The molecule has 0 aliphatic heterocycles. The molecule has 0 atom stereocenters. The second-order valence-electron chi connectivity index (χ2n) is 4.63. The van der Waals surface area contributed by atoms with E-state index >= 15 is 0 Å². The van der Waals surface area contributed by atoms with E-state index in [-0.39, 0.29) is 0 Å². The third-order valence-electron chi connectivity index (χ3n) is 3.09. The van der Waals surface area contributed by atoms with Crippen LogP contribution in [0, 0.1) is 0 Å². The standard InChI is InChI=1S/C15H21Br3/c1-4-7-10-13(16)11(8-5-2)15(18)12(9-6-3)14(10)17/h4-9H2,1-3H3. The summed E-state index contributed by atoms with van der Waals surface area (Å²) in [6, 6.07) is 0. The fourth-order valence-corrected chi connectivity index (χ4v) is 5.42. The molecule has 102 valence electrons. The van der Waals surface area contributed by atoms with Crippen molar-refractivity contribution in [2.45, 2.75) is 59.3 Å². The van der Waals surface area contributed by atoms with E-state index in [0.29, 0.717) is 0 Å². The Labute approximate surface area is 136 Å². The third kappa shape index (κ3) is 3.61. The van der Waals surface area contributed by atoms with Crippen molar-refractivity contribution in [3.63, 3.8) is 0 Å². The van der Waals surface area contributed by atoms with E-state index in [0.717, 1.165) is 19.3 Å². The minimum atomic E-state index is 1.13. The van der Waals surface area contributed by atoms with E-state index in [1.165, 1.54) is 49.4 Å². The minimum absolute atomic E-state index is 1.13. The normalized spacial score (nSPS) is 11.0. The first-order valence-electron chi connectivity index (χ1n) is 6.75. The van der Waals surface area contributed by atoms with Gasteiger partial charge in [-0.1, -0.05) is 87.8 Å². The molecule has 0 bridgehead atoms. The summed E-state index contributed by atoms with van der Waals surface area (Å²) < 4.78 is 3.89. The van der Waals surface area contributed by atoms with Gasteiger partial charge in [0.2, 0.25) is 0 Å². The van der Waals surface area contributed by atoms with Gasteiger partial charge in [-0.05, 0) is 36.0 Å². The van der Waals surface area contributed by atoms with Crippen LogP contribution in [0.1, 0.15) is 56.7 Å². The van der Waals surface area contributed by atoms with E-state index in [9.17, 15) is 0 Å². The molecule has 0 spiro atoms. The van der Waals surface area contributed by atoms with E-state index in [4.69, 9.17) is 0 Å². The summed E-state index contributed by atoms with van der Waals surface area (Å²) in [5.74, 6) is 0. The van der Waals surface area contributed by atoms with Gasteiger partial charge in [0, 0.05) is 13.4 Å². The van der Waals surface area contributed by atoms with E-state index < -0.39 is 0 Å². The highest BCUT2D eigenvalue weighted by atomic mass is 79.9. The summed E-state index contributed by atoms with van der Waals surface area (Å²) >= 11 is 11.4. The highest BCUT2D eigenvalue weighted by Crippen LogP contribution is 2.40. The molecule has 18 heavy (non-hydrogen) atoms. The number of hydrogen-bond donors (Lipinski definition) is 0. The Hall–Kier alpha value is 0.660. The molecule has 0 radical (unpaired) electrons. The average Bonchev–Trinajstić information content (AvgIpc) is 2.35. The van der Waals surface area contributed by atoms with Gasteiger partial charge < -0.3 is 0 Å². The van der Waals surface area contributed by atoms with Crippen LogP contribution in [0.15, 0.2) is 13.4 Å². The maximum atomic E-state index is 3.81. The van der Waals surface area contributed by atoms with Crippen LogP contribution in [-0.2, 0) is 19.3 Å². The molecule has 0 fully saturated rings. The van der Waals surface area contributed by atoms with E-state index in [2.05, 4.69) is 68.6 Å². The van der Waals surface area contributed by atoms with Gasteiger partial charge in [0.1, 0.15) is 0 Å². The van der Waals surface area contributed by atoms with Crippen molar-refractivity contribution < 1.29 is 0 Å². The number of benzene rings is 1. The summed E-state index contributed by atoms with van der Waals surface area (Å²) in [5.41, 5.74) is 4.31. The monoisotopic (exact) mass is 438 g/mol.